The van der Waals surface area contributed by atoms with Crippen molar-refractivity contribution < 1.29 is 26.4 Å². The number of hydrogen-bond acceptors (Lipinski definition) is 4. The number of piperidine rings is 1. The van der Waals surface area contributed by atoms with Crippen molar-refractivity contribution in [3.63, 3.8) is 0 Å². The second-order valence-corrected chi connectivity index (χ2v) is 8.84. The molecule has 0 unspecified atom stereocenters. The van der Waals surface area contributed by atoms with E-state index in [1.165, 1.54) is 0 Å². The molecule has 178 valence electrons. The van der Waals surface area contributed by atoms with E-state index in [4.69, 9.17) is 0 Å². The molecule has 1 saturated heterocycles. The Morgan fingerprint density at radius 1 is 1.17 bits per heavy atom. The average Bonchev–Trinajstić information content (AvgIpc) is 2.65. The molecular weight excluding hydrogens is 538 g/mol. The number of amides is 1. The third-order valence-corrected chi connectivity index (χ3v) is 6.52. The Bertz CT molecular complexity index is 664. The summed E-state index contributed by atoms with van der Waals surface area (Å²) in [6.07, 6.45) is 0.612. The van der Waals surface area contributed by atoms with Gasteiger partial charge in [-0.15, -0.1) is 24.0 Å². The van der Waals surface area contributed by atoms with Crippen LogP contribution in [0.1, 0.15) is 33.6 Å². The van der Waals surface area contributed by atoms with Crippen molar-refractivity contribution >= 4 is 45.9 Å². The third-order valence-electron chi connectivity index (χ3n) is 4.89. The van der Waals surface area contributed by atoms with Gasteiger partial charge in [0.1, 0.15) is 0 Å². The highest BCUT2D eigenvalue weighted by molar-refractivity contribution is 14.0. The van der Waals surface area contributed by atoms with Gasteiger partial charge in [0.15, 0.2) is 5.96 Å². The zero-order valence-electron chi connectivity index (χ0n) is 17.9. The molecule has 0 aliphatic carbocycles. The number of likely N-dealkylation sites (N-methyl/N-ethyl adjacent to an activating group) is 2. The van der Waals surface area contributed by atoms with Crippen molar-refractivity contribution in [2.75, 3.05) is 52.9 Å². The van der Waals surface area contributed by atoms with E-state index >= 15 is 0 Å². The van der Waals surface area contributed by atoms with Crippen LogP contribution in [0, 0.1) is 5.92 Å². The molecule has 1 N–H and O–H groups in total. The number of aliphatic imine (C=N–C) groups is 1. The predicted molar refractivity (Wildman–Crippen MR) is 121 cm³/mol. The molecule has 1 rings (SSSR count). The second kappa shape index (κ2) is 12.9. The summed E-state index contributed by atoms with van der Waals surface area (Å²) < 4.78 is 61.4. The van der Waals surface area contributed by atoms with Crippen LogP contribution < -0.4 is 5.32 Å². The van der Waals surface area contributed by atoms with Gasteiger partial charge in [0.05, 0.1) is 6.54 Å². The molecule has 30 heavy (non-hydrogen) atoms. The standard InChI is InChI=1S/C17H32F3N5O3S.HI/c1-5-21-16(23(4)13-15(26)24(6-2)7-3)22-12-14-8-10-25(11-9-14)29(27,28)17(18,19)20;/h14H,5-13H2,1-4H3,(H,21,22);1H. The van der Waals surface area contributed by atoms with Gasteiger partial charge in [0.2, 0.25) is 5.91 Å². The molecule has 8 nitrogen and oxygen atoms in total. The zero-order valence-corrected chi connectivity index (χ0v) is 21.1. The van der Waals surface area contributed by atoms with Gasteiger partial charge >= 0.3 is 15.5 Å². The van der Waals surface area contributed by atoms with E-state index in [0.717, 1.165) is 0 Å². The quantitative estimate of drug-likeness (QED) is 0.274. The summed E-state index contributed by atoms with van der Waals surface area (Å²) in [5.41, 5.74) is -5.27. The highest BCUT2D eigenvalue weighted by atomic mass is 127. The summed E-state index contributed by atoms with van der Waals surface area (Å²) >= 11 is 0. The number of rotatable bonds is 8. The molecule has 1 aliphatic heterocycles. The smallest absolute Gasteiger partial charge is 0.357 e. The molecule has 0 radical (unpaired) electrons. The molecule has 0 saturated carbocycles. The van der Waals surface area contributed by atoms with Crippen LogP contribution in [0.2, 0.25) is 0 Å². The zero-order chi connectivity index (χ0) is 22.2. The van der Waals surface area contributed by atoms with Gasteiger partial charge in [-0.05, 0) is 39.5 Å². The normalized spacial score (nSPS) is 16.7. The minimum Gasteiger partial charge on any atom is -0.357 e. The van der Waals surface area contributed by atoms with Crippen LogP contribution >= 0.6 is 24.0 Å². The lowest BCUT2D eigenvalue weighted by Gasteiger charge is -2.31. The number of nitrogens with zero attached hydrogens (tertiary/aromatic N) is 4. The first-order valence-electron chi connectivity index (χ1n) is 9.81. The topological polar surface area (TPSA) is 85.3 Å². The minimum absolute atomic E-state index is 0. The Morgan fingerprint density at radius 3 is 2.13 bits per heavy atom. The minimum atomic E-state index is -5.27. The first kappa shape index (κ1) is 29.2. The van der Waals surface area contributed by atoms with Crippen molar-refractivity contribution in [3.8, 4) is 0 Å². The van der Waals surface area contributed by atoms with E-state index in [1.54, 1.807) is 16.8 Å². The fourth-order valence-corrected chi connectivity index (χ4v) is 4.10. The van der Waals surface area contributed by atoms with Crippen LogP contribution in [-0.4, -0.2) is 92.8 Å². The summed E-state index contributed by atoms with van der Waals surface area (Å²) in [4.78, 5) is 20.2. The van der Waals surface area contributed by atoms with Crippen molar-refractivity contribution in [2.24, 2.45) is 10.9 Å². The molecular formula is C17H33F3IN5O3S. The van der Waals surface area contributed by atoms with Crippen molar-refractivity contribution in [1.29, 1.82) is 0 Å². The number of nitrogens with one attached hydrogen (secondary N) is 1. The number of sulfonamides is 1. The lowest BCUT2D eigenvalue weighted by Crippen LogP contribution is -2.46. The van der Waals surface area contributed by atoms with Crippen LogP contribution in [0.15, 0.2) is 4.99 Å². The van der Waals surface area contributed by atoms with Gasteiger partial charge in [-0.2, -0.15) is 17.5 Å². The van der Waals surface area contributed by atoms with Crippen LogP contribution in [0.5, 0.6) is 0 Å². The van der Waals surface area contributed by atoms with E-state index in [-0.39, 0.29) is 55.4 Å². The van der Waals surface area contributed by atoms with Crippen LogP contribution in [0.4, 0.5) is 13.2 Å². The summed E-state index contributed by atoms with van der Waals surface area (Å²) in [5, 5.41) is 3.11. The Labute approximate surface area is 194 Å². The highest BCUT2D eigenvalue weighted by Gasteiger charge is 2.50. The molecule has 13 heteroatoms. The molecule has 0 bridgehead atoms. The molecule has 1 amide bonds. The lowest BCUT2D eigenvalue weighted by molar-refractivity contribution is -0.131. The molecule has 0 atom stereocenters. The van der Waals surface area contributed by atoms with E-state index in [1.807, 2.05) is 20.8 Å². The van der Waals surface area contributed by atoms with Gasteiger partial charge in [-0.25, -0.2) is 8.42 Å². The number of guanidine groups is 1. The molecule has 1 heterocycles. The first-order chi connectivity index (χ1) is 13.5. The Morgan fingerprint density at radius 2 is 1.70 bits per heavy atom. The van der Waals surface area contributed by atoms with Gasteiger partial charge < -0.3 is 15.1 Å². The van der Waals surface area contributed by atoms with Crippen LogP contribution in [-0.2, 0) is 14.8 Å². The predicted octanol–water partition coefficient (Wildman–Crippen LogP) is 1.93. The van der Waals surface area contributed by atoms with Crippen molar-refractivity contribution in [2.45, 2.75) is 39.1 Å². The number of carbonyl (C=O) groups is 1. The summed E-state index contributed by atoms with van der Waals surface area (Å²) in [6.45, 7) is 7.73. The molecule has 0 spiro atoms. The summed E-state index contributed by atoms with van der Waals surface area (Å²) in [7, 11) is -3.52. The Hall–Kier alpha value is -0.830. The monoisotopic (exact) mass is 571 g/mol. The van der Waals surface area contributed by atoms with Crippen molar-refractivity contribution in [3.05, 3.63) is 0 Å². The largest absolute Gasteiger partial charge is 0.511 e. The average molecular weight is 571 g/mol. The van der Waals surface area contributed by atoms with E-state index in [2.05, 4.69) is 10.3 Å². The molecule has 1 fully saturated rings. The fourth-order valence-electron chi connectivity index (χ4n) is 3.12. The fraction of sp³-hybridized carbons (Fsp3) is 0.882. The van der Waals surface area contributed by atoms with Gasteiger partial charge in [-0.3, -0.25) is 9.79 Å². The van der Waals surface area contributed by atoms with E-state index in [0.29, 0.717) is 49.3 Å². The maximum Gasteiger partial charge on any atom is 0.511 e. The molecule has 0 aromatic rings. The van der Waals surface area contributed by atoms with Gasteiger partial charge in [0.25, 0.3) is 0 Å². The maximum atomic E-state index is 12.7. The summed E-state index contributed by atoms with van der Waals surface area (Å²) in [5.74, 6) is 0.502. The Kier molecular flexibility index (Phi) is 12.5. The van der Waals surface area contributed by atoms with Crippen LogP contribution in [0.3, 0.4) is 0 Å². The molecule has 0 aromatic heterocycles. The lowest BCUT2D eigenvalue weighted by atomic mass is 9.98. The number of halogens is 4. The Balaban J connectivity index is 0.00000841. The first-order valence-corrected chi connectivity index (χ1v) is 11.2. The number of hydrogen-bond donors (Lipinski definition) is 1. The molecule has 0 aromatic carbocycles. The second-order valence-electron chi connectivity index (χ2n) is 6.91. The number of carbonyl (C=O) groups excluding carboxylic acids is 1. The van der Waals surface area contributed by atoms with E-state index in [9.17, 15) is 26.4 Å². The molecule has 1 aliphatic rings. The summed E-state index contributed by atoms with van der Waals surface area (Å²) in [6, 6.07) is 0. The van der Waals surface area contributed by atoms with Crippen LogP contribution in [0.25, 0.3) is 0 Å². The number of alkyl halides is 3. The SMILES string of the molecule is CCNC(=NCC1CCN(S(=O)(=O)C(F)(F)F)CC1)N(C)CC(=O)N(CC)CC.I. The highest BCUT2D eigenvalue weighted by Crippen LogP contribution is 2.30. The van der Waals surface area contributed by atoms with E-state index < -0.39 is 15.5 Å². The van der Waals surface area contributed by atoms with Gasteiger partial charge in [0, 0.05) is 46.3 Å². The third kappa shape index (κ3) is 8.02. The van der Waals surface area contributed by atoms with Crippen molar-refractivity contribution in [1.82, 2.24) is 19.4 Å². The van der Waals surface area contributed by atoms with Gasteiger partial charge in [-0.1, -0.05) is 0 Å². The maximum absolute atomic E-state index is 12.7.